The van der Waals surface area contributed by atoms with Crippen molar-refractivity contribution >= 4 is 16.7 Å². The molecule has 0 aliphatic heterocycles. The van der Waals surface area contributed by atoms with E-state index >= 15 is 0 Å². The lowest BCUT2D eigenvalue weighted by molar-refractivity contribution is 0.701. The number of hydrogen-bond donors (Lipinski definition) is 1. The molecule has 112 valence electrons. The van der Waals surface area contributed by atoms with Gasteiger partial charge in [0.2, 0.25) is 0 Å². The molecule has 0 saturated heterocycles. The summed E-state index contributed by atoms with van der Waals surface area (Å²) < 4.78 is 0. The minimum absolute atomic E-state index is 0.680. The van der Waals surface area contributed by atoms with Gasteiger partial charge in [-0.25, -0.2) is 4.98 Å². The summed E-state index contributed by atoms with van der Waals surface area (Å²) in [6, 6.07) is 11.4. The van der Waals surface area contributed by atoms with E-state index in [2.05, 4.69) is 42.2 Å². The molecule has 0 amide bonds. The molecule has 1 saturated carbocycles. The van der Waals surface area contributed by atoms with Crippen LogP contribution in [0.2, 0.25) is 0 Å². The van der Waals surface area contributed by atoms with Crippen molar-refractivity contribution in [3.8, 4) is 0 Å². The maximum absolute atomic E-state index is 5.82. The van der Waals surface area contributed by atoms with Crippen LogP contribution in [0.3, 0.4) is 0 Å². The molecule has 0 bridgehead atoms. The molecule has 0 radical (unpaired) electrons. The minimum atomic E-state index is 0.680. The van der Waals surface area contributed by atoms with Gasteiger partial charge in [0.15, 0.2) is 0 Å². The molecule has 1 aliphatic carbocycles. The topological polar surface area (TPSA) is 42.2 Å². The van der Waals surface area contributed by atoms with Gasteiger partial charge in [-0.3, -0.25) is 0 Å². The van der Waals surface area contributed by atoms with E-state index in [0.717, 1.165) is 18.5 Å². The Morgan fingerprint density at radius 3 is 2.81 bits per heavy atom. The van der Waals surface area contributed by atoms with Gasteiger partial charge in [0.25, 0.3) is 0 Å². The van der Waals surface area contributed by atoms with E-state index in [9.17, 15) is 0 Å². The second kappa shape index (κ2) is 6.44. The summed E-state index contributed by atoms with van der Waals surface area (Å²) in [6.07, 6.45) is 5.97. The third-order valence-electron chi connectivity index (χ3n) is 4.21. The summed E-state index contributed by atoms with van der Waals surface area (Å²) in [5.74, 6) is 1.18. The molecule has 3 rings (SSSR count). The highest BCUT2D eigenvalue weighted by Crippen LogP contribution is 2.34. The van der Waals surface area contributed by atoms with Gasteiger partial charge in [0.05, 0.1) is 5.52 Å². The van der Waals surface area contributed by atoms with E-state index in [0.29, 0.717) is 12.6 Å². The number of rotatable bonds is 7. The third kappa shape index (κ3) is 3.18. The molecule has 21 heavy (non-hydrogen) atoms. The number of nitrogens with two attached hydrogens (primary N) is 1. The van der Waals surface area contributed by atoms with Crippen LogP contribution in [0.25, 0.3) is 10.9 Å². The van der Waals surface area contributed by atoms with E-state index in [-0.39, 0.29) is 0 Å². The summed E-state index contributed by atoms with van der Waals surface area (Å²) >= 11 is 0. The van der Waals surface area contributed by atoms with Gasteiger partial charge >= 0.3 is 0 Å². The molecule has 0 unspecified atom stereocenters. The smallest absolute Gasteiger partial charge is 0.132 e. The molecule has 1 aromatic carbocycles. The first kappa shape index (κ1) is 14.3. The van der Waals surface area contributed by atoms with E-state index in [1.165, 1.54) is 42.5 Å². The maximum Gasteiger partial charge on any atom is 0.132 e. The first-order chi connectivity index (χ1) is 10.3. The third-order valence-corrected chi connectivity index (χ3v) is 4.21. The van der Waals surface area contributed by atoms with E-state index in [1.54, 1.807) is 0 Å². The Labute approximate surface area is 127 Å². The Morgan fingerprint density at radius 2 is 2.10 bits per heavy atom. The standard InChI is InChI=1S/C18H25N3/c1-2-3-12-21(16-8-9-16)18-15(10-11-19)13-14-6-4-5-7-17(14)20-18/h4-7,13,16H,2-3,8-12,19H2,1H3. The lowest BCUT2D eigenvalue weighted by Gasteiger charge is -2.26. The SMILES string of the molecule is CCCCN(c1nc2ccccc2cc1CCN)C1CC1. The Hall–Kier alpha value is -1.61. The van der Waals surface area contributed by atoms with Crippen LogP contribution in [-0.4, -0.2) is 24.1 Å². The van der Waals surface area contributed by atoms with Crippen molar-refractivity contribution in [2.45, 2.75) is 45.1 Å². The van der Waals surface area contributed by atoms with Gasteiger partial charge in [-0.05, 0) is 49.9 Å². The van der Waals surface area contributed by atoms with Crippen LogP contribution in [0.15, 0.2) is 30.3 Å². The monoisotopic (exact) mass is 283 g/mol. The molecule has 1 heterocycles. The maximum atomic E-state index is 5.82. The van der Waals surface area contributed by atoms with Gasteiger partial charge in [-0.2, -0.15) is 0 Å². The largest absolute Gasteiger partial charge is 0.353 e. The van der Waals surface area contributed by atoms with Crippen molar-refractivity contribution in [3.05, 3.63) is 35.9 Å². The molecule has 1 aromatic heterocycles. The molecule has 0 atom stereocenters. The van der Waals surface area contributed by atoms with Gasteiger partial charge in [0.1, 0.15) is 5.82 Å². The number of fused-ring (bicyclic) bond motifs is 1. The predicted molar refractivity (Wildman–Crippen MR) is 89.8 cm³/mol. The molecule has 3 nitrogen and oxygen atoms in total. The first-order valence-corrected chi connectivity index (χ1v) is 8.19. The number of aromatic nitrogens is 1. The van der Waals surface area contributed by atoms with Gasteiger partial charge in [-0.15, -0.1) is 0 Å². The summed E-state index contributed by atoms with van der Waals surface area (Å²) in [5.41, 5.74) is 8.22. The zero-order chi connectivity index (χ0) is 14.7. The summed E-state index contributed by atoms with van der Waals surface area (Å²) in [4.78, 5) is 7.51. The van der Waals surface area contributed by atoms with Crippen LogP contribution in [0.5, 0.6) is 0 Å². The van der Waals surface area contributed by atoms with Crippen LogP contribution in [0.4, 0.5) is 5.82 Å². The number of benzene rings is 1. The Bertz CT molecular complexity index is 604. The quantitative estimate of drug-likeness (QED) is 0.845. The van der Waals surface area contributed by atoms with Gasteiger partial charge in [0, 0.05) is 18.0 Å². The predicted octanol–water partition coefficient (Wildman–Crippen LogP) is 3.50. The number of anilines is 1. The average molecular weight is 283 g/mol. The van der Waals surface area contributed by atoms with Crippen molar-refractivity contribution in [1.82, 2.24) is 4.98 Å². The number of nitrogens with zero attached hydrogens (tertiary/aromatic N) is 2. The molecular formula is C18H25N3. The van der Waals surface area contributed by atoms with Gasteiger partial charge in [-0.1, -0.05) is 31.5 Å². The van der Waals surface area contributed by atoms with Crippen LogP contribution in [0, 0.1) is 0 Å². The summed E-state index contributed by atoms with van der Waals surface area (Å²) in [5, 5.41) is 1.22. The van der Waals surface area contributed by atoms with Crippen molar-refractivity contribution < 1.29 is 0 Å². The lowest BCUT2D eigenvalue weighted by Crippen LogP contribution is -2.29. The first-order valence-electron chi connectivity index (χ1n) is 8.19. The average Bonchev–Trinajstić information content (AvgIpc) is 3.33. The number of para-hydroxylation sites is 1. The fourth-order valence-electron chi connectivity index (χ4n) is 2.91. The normalized spacial score (nSPS) is 14.6. The lowest BCUT2D eigenvalue weighted by atomic mass is 10.1. The van der Waals surface area contributed by atoms with Crippen molar-refractivity contribution in [2.24, 2.45) is 5.73 Å². The molecule has 2 aromatic rings. The number of unbranched alkanes of at least 4 members (excludes halogenated alkanes) is 1. The fraction of sp³-hybridized carbons (Fsp3) is 0.500. The van der Waals surface area contributed by atoms with Crippen molar-refractivity contribution in [2.75, 3.05) is 18.0 Å². The molecular weight excluding hydrogens is 258 g/mol. The highest BCUT2D eigenvalue weighted by Gasteiger charge is 2.30. The molecule has 1 fully saturated rings. The Morgan fingerprint density at radius 1 is 1.29 bits per heavy atom. The fourth-order valence-corrected chi connectivity index (χ4v) is 2.91. The van der Waals surface area contributed by atoms with Crippen LogP contribution >= 0.6 is 0 Å². The highest BCUT2D eigenvalue weighted by atomic mass is 15.2. The van der Waals surface area contributed by atoms with Crippen molar-refractivity contribution in [1.29, 1.82) is 0 Å². The zero-order valence-corrected chi connectivity index (χ0v) is 12.9. The second-order valence-electron chi connectivity index (χ2n) is 5.98. The van der Waals surface area contributed by atoms with E-state index in [4.69, 9.17) is 10.7 Å². The minimum Gasteiger partial charge on any atom is -0.353 e. The van der Waals surface area contributed by atoms with E-state index in [1.807, 2.05) is 0 Å². The van der Waals surface area contributed by atoms with Crippen LogP contribution in [-0.2, 0) is 6.42 Å². The zero-order valence-electron chi connectivity index (χ0n) is 12.9. The van der Waals surface area contributed by atoms with Crippen LogP contribution < -0.4 is 10.6 Å². The Balaban J connectivity index is 2.02. The van der Waals surface area contributed by atoms with E-state index < -0.39 is 0 Å². The molecule has 1 aliphatic rings. The highest BCUT2D eigenvalue weighted by molar-refractivity contribution is 5.82. The number of hydrogen-bond acceptors (Lipinski definition) is 3. The van der Waals surface area contributed by atoms with Crippen LogP contribution in [0.1, 0.15) is 38.2 Å². The van der Waals surface area contributed by atoms with Gasteiger partial charge < -0.3 is 10.6 Å². The Kier molecular flexibility index (Phi) is 4.39. The molecule has 0 spiro atoms. The summed E-state index contributed by atoms with van der Waals surface area (Å²) in [7, 11) is 0. The summed E-state index contributed by atoms with van der Waals surface area (Å²) in [6.45, 7) is 4.04. The second-order valence-corrected chi connectivity index (χ2v) is 5.98. The van der Waals surface area contributed by atoms with Crippen molar-refractivity contribution in [3.63, 3.8) is 0 Å². The molecule has 3 heteroatoms. The number of pyridine rings is 1. The molecule has 2 N–H and O–H groups in total.